The minimum Gasteiger partial charge on any atom is -0.383 e. The zero-order valence-corrected chi connectivity index (χ0v) is 10.9. The van der Waals surface area contributed by atoms with Gasteiger partial charge in [0.2, 0.25) is 10.0 Å². The Morgan fingerprint density at radius 1 is 1.38 bits per heavy atom. The summed E-state index contributed by atoms with van der Waals surface area (Å²) in [7, 11) is -1.32. The molecule has 0 atom stereocenters. The molecular weight excluding hydrogens is 228 g/mol. The highest BCUT2D eigenvalue weighted by Crippen LogP contribution is 2.16. The highest BCUT2D eigenvalue weighted by molar-refractivity contribution is 7.88. The van der Waals surface area contributed by atoms with Gasteiger partial charge in [0, 0.05) is 20.2 Å². The molecule has 0 aromatic rings. The molecule has 0 saturated carbocycles. The molecule has 0 unspecified atom stereocenters. The van der Waals surface area contributed by atoms with E-state index in [0.717, 1.165) is 39.1 Å². The number of hydrogen-bond acceptors (Lipinski definition) is 4. The Balaban J connectivity index is 2.17. The van der Waals surface area contributed by atoms with Gasteiger partial charge in [-0.25, -0.2) is 13.1 Å². The van der Waals surface area contributed by atoms with Crippen LogP contribution >= 0.6 is 0 Å². The van der Waals surface area contributed by atoms with Crippen molar-refractivity contribution in [2.45, 2.75) is 12.8 Å². The van der Waals surface area contributed by atoms with E-state index in [2.05, 4.69) is 9.62 Å². The molecule has 1 aliphatic heterocycles. The zero-order valence-electron chi connectivity index (χ0n) is 10.1. The molecular formula is C10H22N2O3S. The van der Waals surface area contributed by atoms with Crippen LogP contribution in [-0.4, -0.2) is 59.5 Å². The largest absolute Gasteiger partial charge is 0.383 e. The Labute approximate surface area is 98.2 Å². The molecule has 0 aliphatic carbocycles. The van der Waals surface area contributed by atoms with Crippen molar-refractivity contribution < 1.29 is 13.2 Å². The number of methoxy groups -OCH3 is 1. The topological polar surface area (TPSA) is 58.6 Å². The van der Waals surface area contributed by atoms with Gasteiger partial charge in [0.05, 0.1) is 12.9 Å². The summed E-state index contributed by atoms with van der Waals surface area (Å²) in [6.07, 6.45) is 3.33. The molecule has 1 fully saturated rings. The van der Waals surface area contributed by atoms with E-state index in [-0.39, 0.29) is 0 Å². The van der Waals surface area contributed by atoms with E-state index in [1.165, 1.54) is 6.26 Å². The van der Waals surface area contributed by atoms with Gasteiger partial charge in [-0.2, -0.15) is 0 Å². The third-order valence-corrected chi connectivity index (χ3v) is 3.64. The number of nitrogens with zero attached hydrogens (tertiary/aromatic N) is 1. The van der Waals surface area contributed by atoms with E-state index >= 15 is 0 Å². The molecule has 1 aliphatic rings. The summed E-state index contributed by atoms with van der Waals surface area (Å²) < 4.78 is 29.5. The Hall–Kier alpha value is -0.170. The van der Waals surface area contributed by atoms with Crippen LogP contribution < -0.4 is 4.72 Å². The number of sulfonamides is 1. The first-order chi connectivity index (χ1) is 7.51. The molecule has 0 amide bonds. The van der Waals surface area contributed by atoms with Gasteiger partial charge < -0.3 is 9.64 Å². The first-order valence-corrected chi connectivity index (χ1v) is 7.56. The van der Waals surface area contributed by atoms with Gasteiger partial charge in [0.15, 0.2) is 0 Å². The third-order valence-electron chi connectivity index (χ3n) is 2.95. The summed E-state index contributed by atoms with van der Waals surface area (Å²) in [5.41, 5.74) is 0. The van der Waals surface area contributed by atoms with Gasteiger partial charge in [-0.1, -0.05) is 0 Å². The fourth-order valence-corrected chi connectivity index (χ4v) is 2.44. The lowest BCUT2D eigenvalue weighted by molar-refractivity contribution is 0.121. The van der Waals surface area contributed by atoms with Gasteiger partial charge >= 0.3 is 0 Å². The summed E-state index contributed by atoms with van der Waals surface area (Å²) in [5.74, 6) is 0.480. The minimum atomic E-state index is -3.03. The van der Waals surface area contributed by atoms with Crippen LogP contribution in [0.5, 0.6) is 0 Å². The van der Waals surface area contributed by atoms with Crippen molar-refractivity contribution in [1.82, 2.24) is 9.62 Å². The molecule has 1 heterocycles. The Kier molecular flexibility index (Phi) is 5.68. The van der Waals surface area contributed by atoms with Crippen molar-refractivity contribution in [2.24, 2.45) is 5.92 Å². The van der Waals surface area contributed by atoms with Crippen molar-refractivity contribution in [1.29, 1.82) is 0 Å². The first-order valence-electron chi connectivity index (χ1n) is 5.67. The minimum absolute atomic E-state index is 0.480. The van der Waals surface area contributed by atoms with Crippen LogP contribution in [0.2, 0.25) is 0 Å². The quantitative estimate of drug-likeness (QED) is 0.715. The fraction of sp³-hybridized carbons (Fsp3) is 1.00. The second-order valence-electron chi connectivity index (χ2n) is 4.40. The Morgan fingerprint density at radius 3 is 2.50 bits per heavy atom. The van der Waals surface area contributed by atoms with Crippen LogP contribution in [0.15, 0.2) is 0 Å². The van der Waals surface area contributed by atoms with Crippen LogP contribution in [0.3, 0.4) is 0 Å². The maximum atomic E-state index is 10.9. The number of nitrogens with one attached hydrogen (secondary N) is 1. The Bertz CT molecular complexity index is 284. The van der Waals surface area contributed by atoms with E-state index in [4.69, 9.17) is 4.74 Å². The lowest BCUT2D eigenvalue weighted by atomic mass is 9.97. The van der Waals surface area contributed by atoms with Gasteiger partial charge in [0.25, 0.3) is 0 Å². The molecule has 1 N–H and O–H groups in total. The van der Waals surface area contributed by atoms with Crippen LogP contribution in [0.4, 0.5) is 0 Å². The number of ether oxygens (including phenoxy) is 1. The summed E-state index contributed by atoms with van der Waals surface area (Å²) in [6.45, 7) is 4.41. The summed E-state index contributed by atoms with van der Waals surface area (Å²) in [6, 6.07) is 0. The second-order valence-corrected chi connectivity index (χ2v) is 6.23. The number of hydrogen-bond donors (Lipinski definition) is 1. The smallest absolute Gasteiger partial charge is 0.208 e. The molecule has 0 radical (unpaired) electrons. The molecule has 96 valence electrons. The standard InChI is InChI=1S/C10H22N2O3S/c1-15-8-7-12-5-3-10(4-6-12)9-11-16(2,13)14/h10-11H,3-9H2,1-2H3. The summed E-state index contributed by atoms with van der Waals surface area (Å²) in [5, 5.41) is 0. The monoisotopic (exact) mass is 250 g/mol. The molecule has 1 rings (SSSR count). The molecule has 0 spiro atoms. The van der Waals surface area contributed by atoms with Crippen LogP contribution in [0.25, 0.3) is 0 Å². The van der Waals surface area contributed by atoms with E-state index in [1.54, 1.807) is 7.11 Å². The van der Waals surface area contributed by atoms with Crippen molar-refractivity contribution in [2.75, 3.05) is 46.2 Å². The highest BCUT2D eigenvalue weighted by Gasteiger charge is 2.19. The van der Waals surface area contributed by atoms with E-state index in [9.17, 15) is 8.42 Å². The number of rotatable bonds is 6. The van der Waals surface area contributed by atoms with Crippen molar-refractivity contribution in [3.63, 3.8) is 0 Å². The van der Waals surface area contributed by atoms with E-state index in [1.807, 2.05) is 0 Å². The van der Waals surface area contributed by atoms with Crippen LogP contribution in [0, 0.1) is 5.92 Å². The summed E-state index contributed by atoms with van der Waals surface area (Å²) in [4.78, 5) is 2.36. The molecule has 0 bridgehead atoms. The van der Waals surface area contributed by atoms with Gasteiger partial charge in [-0.05, 0) is 31.8 Å². The maximum Gasteiger partial charge on any atom is 0.208 e. The molecule has 0 aromatic carbocycles. The first kappa shape index (κ1) is 13.9. The number of likely N-dealkylation sites (tertiary alicyclic amines) is 1. The molecule has 5 nitrogen and oxygen atoms in total. The van der Waals surface area contributed by atoms with Gasteiger partial charge in [-0.3, -0.25) is 0 Å². The van der Waals surface area contributed by atoms with Crippen LogP contribution in [-0.2, 0) is 14.8 Å². The van der Waals surface area contributed by atoms with Gasteiger partial charge in [0.1, 0.15) is 0 Å². The fourth-order valence-electron chi connectivity index (χ4n) is 1.90. The van der Waals surface area contributed by atoms with E-state index in [0.29, 0.717) is 12.5 Å². The lowest BCUT2D eigenvalue weighted by Gasteiger charge is -2.31. The van der Waals surface area contributed by atoms with Crippen molar-refractivity contribution >= 4 is 10.0 Å². The average Bonchev–Trinajstić information content (AvgIpc) is 2.24. The van der Waals surface area contributed by atoms with Crippen molar-refractivity contribution in [3.8, 4) is 0 Å². The average molecular weight is 250 g/mol. The normalized spacial score (nSPS) is 20.1. The predicted octanol–water partition coefficient (Wildman–Crippen LogP) is -0.106. The molecule has 0 aromatic heterocycles. The van der Waals surface area contributed by atoms with Gasteiger partial charge in [-0.15, -0.1) is 0 Å². The maximum absolute atomic E-state index is 10.9. The second kappa shape index (κ2) is 6.54. The number of piperidine rings is 1. The predicted molar refractivity (Wildman–Crippen MR) is 63.9 cm³/mol. The lowest BCUT2D eigenvalue weighted by Crippen LogP contribution is -2.39. The van der Waals surface area contributed by atoms with Crippen molar-refractivity contribution in [3.05, 3.63) is 0 Å². The summed E-state index contributed by atoms with van der Waals surface area (Å²) >= 11 is 0. The zero-order chi connectivity index (χ0) is 12.0. The van der Waals surface area contributed by atoms with E-state index < -0.39 is 10.0 Å². The highest BCUT2D eigenvalue weighted by atomic mass is 32.2. The SMILES string of the molecule is COCCN1CCC(CNS(C)(=O)=O)CC1. The Morgan fingerprint density at radius 2 is 2.00 bits per heavy atom. The third kappa shape index (κ3) is 5.79. The van der Waals surface area contributed by atoms with Crippen LogP contribution in [0.1, 0.15) is 12.8 Å². The molecule has 16 heavy (non-hydrogen) atoms. The molecule has 6 heteroatoms. The molecule has 1 saturated heterocycles.